The SMILES string of the molecule is CCNCCNCCc1ccccc1C. The van der Waals surface area contributed by atoms with E-state index in [1.54, 1.807) is 0 Å². The summed E-state index contributed by atoms with van der Waals surface area (Å²) in [6.07, 6.45) is 1.12. The minimum Gasteiger partial charge on any atom is -0.316 e. The van der Waals surface area contributed by atoms with Crippen LogP contribution in [0.15, 0.2) is 24.3 Å². The Morgan fingerprint density at radius 1 is 1.00 bits per heavy atom. The maximum absolute atomic E-state index is 3.43. The van der Waals surface area contributed by atoms with Crippen molar-refractivity contribution in [3.8, 4) is 0 Å². The number of hydrogen-bond donors (Lipinski definition) is 2. The van der Waals surface area contributed by atoms with Crippen molar-refractivity contribution < 1.29 is 0 Å². The lowest BCUT2D eigenvalue weighted by atomic mass is 10.1. The molecule has 1 aromatic rings. The van der Waals surface area contributed by atoms with Crippen LogP contribution in [0, 0.1) is 6.92 Å². The molecule has 0 saturated carbocycles. The van der Waals surface area contributed by atoms with Gasteiger partial charge in [-0.2, -0.15) is 0 Å². The van der Waals surface area contributed by atoms with Crippen LogP contribution in [0.1, 0.15) is 18.1 Å². The van der Waals surface area contributed by atoms with Gasteiger partial charge in [0.05, 0.1) is 0 Å². The monoisotopic (exact) mass is 206 g/mol. The number of aryl methyl sites for hydroxylation is 1. The molecule has 15 heavy (non-hydrogen) atoms. The van der Waals surface area contributed by atoms with Crippen LogP contribution in [0.4, 0.5) is 0 Å². The van der Waals surface area contributed by atoms with Gasteiger partial charge in [0.2, 0.25) is 0 Å². The molecule has 0 bridgehead atoms. The summed E-state index contributed by atoms with van der Waals surface area (Å²) in [4.78, 5) is 0. The molecule has 0 atom stereocenters. The lowest BCUT2D eigenvalue weighted by Crippen LogP contribution is -2.28. The van der Waals surface area contributed by atoms with E-state index in [-0.39, 0.29) is 0 Å². The topological polar surface area (TPSA) is 24.1 Å². The van der Waals surface area contributed by atoms with Crippen molar-refractivity contribution in [2.75, 3.05) is 26.2 Å². The zero-order chi connectivity index (χ0) is 10.9. The van der Waals surface area contributed by atoms with Crippen molar-refractivity contribution in [3.05, 3.63) is 35.4 Å². The van der Waals surface area contributed by atoms with Crippen molar-refractivity contribution in [1.29, 1.82) is 0 Å². The summed E-state index contributed by atoms with van der Waals surface area (Å²) in [6.45, 7) is 8.54. The van der Waals surface area contributed by atoms with Crippen LogP contribution < -0.4 is 10.6 Å². The number of likely N-dealkylation sites (N-methyl/N-ethyl adjacent to an activating group) is 1. The molecule has 0 aliphatic carbocycles. The van der Waals surface area contributed by atoms with Gasteiger partial charge in [0.15, 0.2) is 0 Å². The van der Waals surface area contributed by atoms with E-state index in [0.29, 0.717) is 0 Å². The van der Waals surface area contributed by atoms with Gasteiger partial charge in [0.1, 0.15) is 0 Å². The summed E-state index contributed by atoms with van der Waals surface area (Å²) in [5.74, 6) is 0. The molecule has 0 aliphatic rings. The van der Waals surface area contributed by atoms with Gasteiger partial charge in [0, 0.05) is 13.1 Å². The van der Waals surface area contributed by atoms with E-state index in [1.807, 2.05) is 0 Å². The van der Waals surface area contributed by atoms with Crippen LogP contribution in [0.2, 0.25) is 0 Å². The van der Waals surface area contributed by atoms with Crippen molar-refractivity contribution in [3.63, 3.8) is 0 Å². The third-order valence-electron chi connectivity index (χ3n) is 2.56. The first kappa shape index (κ1) is 12.2. The van der Waals surface area contributed by atoms with Crippen LogP contribution in [-0.2, 0) is 6.42 Å². The molecule has 0 amide bonds. The third-order valence-corrected chi connectivity index (χ3v) is 2.56. The Bertz CT molecular complexity index is 271. The van der Waals surface area contributed by atoms with Crippen LogP contribution in [0.25, 0.3) is 0 Å². The smallest absolute Gasteiger partial charge is 0.00768 e. The summed E-state index contributed by atoms with van der Waals surface area (Å²) in [5, 5.41) is 6.73. The minimum atomic E-state index is 1.06. The maximum atomic E-state index is 3.43. The molecule has 0 aromatic heterocycles. The predicted octanol–water partition coefficient (Wildman–Crippen LogP) is 1.74. The van der Waals surface area contributed by atoms with Crippen molar-refractivity contribution in [2.24, 2.45) is 0 Å². The van der Waals surface area contributed by atoms with Gasteiger partial charge in [-0.3, -0.25) is 0 Å². The standard InChI is InChI=1S/C13H22N2/c1-3-14-10-11-15-9-8-13-7-5-4-6-12(13)2/h4-7,14-15H,3,8-11H2,1-2H3. The molecular weight excluding hydrogens is 184 g/mol. The second kappa shape index (κ2) is 7.43. The van der Waals surface area contributed by atoms with Crippen molar-refractivity contribution in [2.45, 2.75) is 20.3 Å². The fraction of sp³-hybridized carbons (Fsp3) is 0.538. The number of nitrogens with one attached hydrogen (secondary N) is 2. The Labute approximate surface area is 93.1 Å². The summed E-state index contributed by atoms with van der Waals surface area (Å²) in [5.41, 5.74) is 2.85. The second-order valence-electron chi connectivity index (χ2n) is 3.78. The third kappa shape index (κ3) is 4.96. The van der Waals surface area contributed by atoms with Crippen molar-refractivity contribution >= 4 is 0 Å². The molecule has 0 spiro atoms. The molecule has 0 saturated heterocycles. The van der Waals surface area contributed by atoms with Gasteiger partial charge in [-0.25, -0.2) is 0 Å². The summed E-state index contributed by atoms with van der Waals surface area (Å²) in [7, 11) is 0. The average Bonchev–Trinajstić information content (AvgIpc) is 2.25. The Balaban J connectivity index is 2.12. The van der Waals surface area contributed by atoms with E-state index < -0.39 is 0 Å². The fourth-order valence-electron chi connectivity index (χ4n) is 1.59. The quantitative estimate of drug-likeness (QED) is 0.664. The first-order valence-corrected chi connectivity index (χ1v) is 5.80. The van der Waals surface area contributed by atoms with E-state index >= 15 is 0 Å². The van der Waals surface area contributed by atoms with E-state index in [0.717, 1.165) is 32.6 Å². The number of benzene rings is 1. The normalized spacial score (nSPS) is 10.5. The molecule has 0 heterocycles. The molecule has 84 valence electrons. The van der Waals surface area contributed by atoms with Gasteiger partial charge in [-0.15, -0.1) is 0 Å². The lowest BCUT2D eigenvalue weighted by Gasteiger charge is -2.07. The molecule has 0 unspecified atom stereocenters. The van der Waals surface area contributed by atoms with E-state index in [1.165, 1.54) is 11.1 Å². The number of rotatable bonds is 7. The summed E-state index contributed by atoms with van der Waals surface area (Å²) < 4.78 is 0. The lowest BCUT2D eigenvalue weighted by molar-refractivity contribution is 0.624. The van der Waals surface area contributed by atoms with E-state index in [9.17, 15) is 0 Å². The zero-order valence-corrected chi connectivity index (χ0v) is 9.84. The molecule has 0 fully saturated rings. The van der Waals surface area contributed by atoms with Crippen LogP contribution in [-0.4, -0.2) is 26.2 Å². The van der Waals surface area contributed by atoms with Gasteiger partial charge >= 0.3 is 0 Å². The van der Waals surface area contributed by atoms with E-state index in [4.69, 9.17) is 0 Å². The van der Waals surface area contributed by atoms with Gasteiger partial charge in [-0.05, 0) is 37.6 Å². The Kier molecular flexibility index (Phi) is 6.05. The fourth-order valence-corrected chi connectivity index (χ4v) is 1.59. The van der Waals surface area contributed by atoms with Crippen LogP contribution >= 0.6 is 0 Å². The highest BCUT2D eigenvalue weighted by atomic mass is 14.9. The van der Waals surface area contributed by atoms with Gasteiger partial charge in [0.25, 0.3) is 0 Å². The zero-order valence-electron chi connectivity index (χ0n) is 9.84. The van der Waals surface area contributed by atoms with Crippen LogP contribution in [0.5, 0.6) is 0 Å². The van der Waals surface area contributed by atoms with Gasteiger partial charge < -0.3 is 10.6 Å². The molecule has 1 aromatic carbocycles. The first-order valence-electron chi connectivity index (χ1n) is 5.80. The predicted molar refractivity (Wildman–Crippen MR) is 66.3 cm³/mol. The molecular formula is C13H22N2. The molecule has 2 N–H and O–H groups in total. The molecule has 2 heteroatoms. The minimum absolute atomic E-state index is 1.06. The molecule has 2 nitrogen and oxygen atoms in total. The highest BCUT2D eigenvalue weighted by molar-refractivity contribution is 5.25. The Hall–Kier alpha value is -0.860. The highest BCUT2D eigenvalue weighted by Crippen LogP contribution is 2.06. The first-order chi connectivity index (χ1) is 7.34. The van der Waals surface area contributed by atoms with E-state index in [2.05, 4.69) is 48.7 Å². The van der Waals surface area contributed by atoms with Crippen LogP contribution in [0.3, 0.4) is 0 Å². The number of hydrogen-bond acceptors (Lipinski definition) is 2. The maximum Gasteiger partial charge on any atom is 0.00768 e. The highest BCUT2D eigenvalue weighted by Gasteiger charge is 1.95. The average molecular weight is 206 g/mol. The molecule has 0 aliphatic heterocycles. The van der Waals surface area contributed by atoms with Crippen molar-refractivity contribution in [1.82, 2.24) is 10.6 Å². The van der Waals surface area contributed by atoms with Gasteiger partial charge in [-0.1, -0.05) is 31.2 Å². The second-order valence-corrected chi connectivity index (χ2v) is 3.78. The Morgan fingerprint density at radius 3 is 2.47 bits per heavy atom. The summed E-state index contributed by atoms with van der Waals surface area (Å²) >= 11 is 0. The molecule has 0 radical (unpaired) electrons. The summed E-state index contributed by atoms with van der Waals surface area (Å²) in [6, 6.07) is 8.59. The molecule has 1 rings (SSSR count). The Morgan fingerprint density at radius 2 is 1.73 bits per heavy atom. The largest absolute Gasteiger partial charge is 0.316 e.